The van der Waals surface area contributed by atoms with Crippen molar-refractivity contribution in [2.45, 2.75) is 19.9 Å². The van der Waals surface area contributed by atoms with Crippen LogP contribution in [0.3, 0.4) is 0 Å². The summed E-state index contributed by atoms with van der Waals surface area (Å²) in [7, 11) is 1.78. The van der Waals surface area contributed by atoms with Gasteiger partial charge in [0.1, 0.15) is 11.6 Å². The number of carbonyl (C=O) groups is 1. The molecule has 0 saturated heterocycles. The molecule has 0 atom stereocenters. The predicted molar refractivity (Wildman–Crippen MR) is 68.0 cm³/mol. The second kappa shape index (κ2) is 7.66. The van der Waals surface area contributed by atoms with Crippen molar-refractivity contribution in [3.05, 3.63) is 29.6 Å². The second-order valence-corrected chi connectivity index (χ2v) is 3.96. The van der Waals surface area contributed by atoms with E-state index in [4.69, 9.17) is 4.74 Å². The second-order valence-electron chi connectivity index (χ2n) is 3.96. The third-order valence-electron chi connectivity index (χ3n) is 2.25. The smallest absolute Gasteiger partial charge is 0.257 e. The molecule has 0 saturated carbocycles. The molecule has 100 valence electrons. The van der Waals surface area contributed by atoms with Crippen LogP contribution in [0, 0.1) is 5.82 Å². The monoisotopic (exact) mass is 254 g/mol. The molecule has 0 fully saturated rings. The number of carbonyl (C=O) groups excluding carboxylic acids is 1. The van der Waals surface area contributed by atoms with Gasteiger partial charge in [-0.2, -0.15) is 0 Å². The van der Waals surface area contributed by atoms with Crippen molar-refractivity contribution in [2.24, 2.45) is 0 Å². The minimum absolute atomic E-state index is 0.0948. The number of benzene rings is 1. The molecule has 0 aromatic heterocycles. The first-order valence-electron chi connectivity index (χ1n) is 5.99. The summed E-state index contributed by atoms with van der Waals surface area (Å²) in [5.74, 6) is -0.199. The number of ether oxygens (including phenoxy) is 1. The van der Waals surface area contributed by atoms with Crippen LogP contribution in [0.25, 0.3) is 0 Å². The number of hydrogen-bond donors (Lipinski definition) is 2. The summed E-state index contributed by atoms with van der Waals surface area (Å²) in [6, 6.07) is 4.42. The molecule has 2 N–H and O–H groups in total. The van der Waals surface area contributed by atoms with E-state index < -0.39 is 0 Å². The Morgan fingerprint density at radius 2 is 2.17 bits per heavy atom. The first-order chi connectivity index (χ1) is 8.65. The van der Waals surface area contributed by atoms with E-state index in [1.54, 1.807) is 13.1 Å². The summed E-state index contributed by atoms with van der Waals surface area (Å²) in [4.78, 5) is 11.3. The fraction of sp³-hybridized carbons (Fsp3) is 0.462. The number of nitrogens with one attached hydrogen (secondary N) is 2. The van der Waals surface area contributed by atoms with E-state index in [0.29, 0.717) is 18.8 Å². The van der Waals surface area contributed by atoms with Gasteiger partial charge >= 0.3 is 0 Å². The highest BCUT2D eigenvalue weighted by Gasteiger charge is 2.04. The molecule has 0 bridgehead atoms. The van der Waals surface area contributed by atoms with Crippen LogP contribution in [0.1, 0.15) is 18.9 Å². The van der Waals surface area contributed by atoms with Crippen molar-refractivity contribution < 1.29 is 13.9 Å². The van der Waals surface area contributed by atoms with Gasteiger partial charge in [-0.1, -0.05) is 6.92 Å². The summed E-state index contributed by atoms with van der Waals surface area (Å²) in [6.07, 6.45) is 0.873. The van der Waals surface area contributed by atoms with E-state index in [2.05, 4.69) is 10.6 Å². The molecule has 4 nitrogen and oxygen atoms in total. The van der Waals surface area contributed by atoms with Gasteiger partial charge in [-0.15, -0.1) is 0 Å². The Balaban J connectivity index is 2.53. The maximum Gasteiger partial charge on any atom is 0.257 e. The Labute approximate surface area is 107 Å². The van der Waals surface area contributed by atoms with E-state index in [9.17, 15) is 9.18 Å². The molecule has 0 unspecified atom stereocenters. The summed E-state index contributed by atoms with van der Waals surface area (Å²) >= 11 is 0. The van der Waals surface area contributed by atoms with Crippen molar-refractivity contribution in [3.8, 4) is 5.75 Å². The zero-order valence-corrected chi connectivity index (χ0v) is 10.8. The van der Waals surface area contributed by atoms with Crippen LogP contribution in [0.4, 0.5) is 4.39 Å². The van der Waals surface area contributed by atoms with Gasteiger partial charge < -0.3 is 15.4 Å². The fourth-order valence-corrected chi connectivity index (χ4v) is 1.47. The zero-order chi connectivity index (χ0) is 13.4. The molecule has 0 aliphatic heterocycles. The number of hydrogen-bond acceptors (Lipinski definition) is 3. The van der Waals surface area contributed by atoms with E-state index >= 15 is 0 Å². The van der Waals surface area contributed by atoms with Crippen LogP contribution in [-0.4, -0.2) is 26.1 Å². The Kier molecular flexibility index (Phi) is 6.14. The summed E-state index contributed by atoms with van der Waals surface area (Å²) < 4.78 is 18.5. The molecule has 18 heavy (non-hydrogen) atoms. The van der Waals surface area contributed by atoms with E-state index in [-0.39, 0.29) is 18.3 Å². The lowest BCUT2D eigenvalue weighted by Gasteiger charge is -2.08. The summed E-state index contributed by atoms with van der Waals surface area (Å²) in [6.45, 7) is 3.05. The standard InChI is InChI=1S/C13H19FN2O2/c1-3-4-16-13(17)9-18-12-6-10(8-15-2)5-11(14)7-12/h5-7,15H,3-4,8-9H2,1-2H3,(H,16,17). The average Bonchev–Trinajstić information content (AvgIpc) is 2.33. The van der Waals surface area contributed by atoms with E-state index in [1.165, 1.54) is 12.1 Å². The molecular formula is C13H19FN2O2. The summed E-state index contributed by atoms with van der Waals surface area (Å²) in [5, 5.41) is 5.62. The maximum atomic E-state index is 13.3. The van der Waals surface area contributed by atoms with Crippen LogP contribution < -0.4 is 15.4 Å². The van der Waals surface area contributed by atoms with Gasteiger partial charge in [0.05, 0.1) is 0 Å². The van der Waals surface area contributed by atoms with Crippen LogP contribution >= 0.6 is 0 Å². The van der Waals surface area contributed by atoms with Crippen LogP contribution in [0.15, 0.2) is 18.2 Å². The molecule has 0 radical (unpaired) electrons. The largest absolute Gasteiger partial charge is 0.484 e. The molecule has 1 amide bonds. The van der Waals surface area contributed by atoms with Gasteiger partial charge in [-0.05, 0) is 31.2 Å². The quantitative estimate of drug-likeness (QED) is 0.774. The van der Waals surface area contributed by atoms with Gasteiger partial charge in [-0.25, -0.2) is 4.39 Å². The normalized spacial score (nSPS) is 10.2. The SMILES string of the molecule is CCCNC(=O)COc1cc(F)cc(CNC)c1. The van der Waals surface area contributed by atoms with Crippen molar-refractivity contribution in [1.82, 2.24) is 10.6 Å². The fourth-order valence-electron chi connectivity index (χ4n) is 1.47. The third kappa shape index (κ3) is 5.14. The minimum atomic E-state index is -0.369. The van der Waals surface area contributed by atoms with Gasteiger partial charge in [0, 0.05) is 19.2 Å². The summed E-state index contributed by atoms with van der Waals surface area (Å²) in [5.41, 5.74) is 0.779. The van der Waals surface area contributed by atoms with Gasteiger partial charge in [-0.3, -0.25) is 4.79 Å². The average molecular weight is 254 g/mol. The van der Waals surface area contributed by atoms with Crippen molar-refractivity contribution >= 4 is 5.91 Å². The Morgan fingerprint density at radius 1 is 1.39 bits per heavy atom. The number of rotatable bonds is 7. The molecule has 0 heterocycles. The highest BCUT2D eigenvalue weighted by atomic mass is 19.1. The number of halogens is 1. The zero-order valence-electron chi connectivity index (χ0n) is 10.8. The Morgan fingerprint density at radius 3 is 2.83 bits per heavy atom. The van der Waals surface area contributed by atoms with Gasteiger partial charge in [0.25, 0.3) is 5.91 Å². The van der Waals surface area contributed by atoms with Crippen molar-refractivity contribution in [2.75, 3.05) is 20.2 Å². The molecule has 0 spiro atoms. The van der Waals surface area contributed by atoms with E-state index in [0.717, 1.165) is 12.0 Å². The molecule has 1 aromatic rings. The molecule has 5 heteroatoms. The first-order valence-corrected chi connectivity index (χ1v) is 5.99. The lowest BCUT2D eigenvalue weighted by Crippen LogP contribution is -2.29. The molecular weight excluding hydrogens is 235 g/mol. The molecule has 0 aliphatic carbocycles. The van der Waals surface area contributed by atoms with Gasteiger partial charge in [0.15, 0.2) is 6.61 Å². The van der Waals surface area contributed by atoms with E-state index in [1.807, 2.05) is 6.92 Å². The van der Waals surface area contributed by atoms with Crippen LogP contribution in [0.2, 0.25) is 0 Å². The molecule has 1 aromatic carbocycles. The molecule has 1 rings (SSSR count). The highest BCUT2D eigenvalue weighted by molar-refractivity contribution is 5.77. The first kappa shape index (κ1) is 14.4. The van der Waals surface area contributed by atoms with Crippen LogP contribution in [-0.2, 0) is 11.3 Å². The predicted octanol–water partition coefficient (Wildman–Crippen LogP) is 1.45. The van der Waals surface area contributed by atoms with Gasteiger partial charge in [0.2, 0.25) is 0 Å². The highest BCUT2D eigenvalue weighted by Crippen LogP contribution is 2.16. The maximum absolute atomic E-state index is 13.3. The lowest BCUT2D eigenvalue weighted by atomic mass is 10.2. The van der Waals surface area contributed by atoms with Crippen LogP contribution in [0.5, 0.6) is 5.75 Å². The van der Waals surface area contributed by atoms with Crippen molar-refractivity contribution in [1.29, 1.82) is 0 Å². The molecule has 0 aliphatic rings. The van der Waals surface area contributed by atoms with Crippen molar-refractivity contribution in [3.63, 3.8) is 0 Å². The Bertz CT molecular complexity index is 397. The third-order valence-corrected chi connectivity index (χ3v) is 2.25. The lowest BCUT2D eigenvalue weighted by molar-refractivity contribution is -0.123. The number of amides is 1. The Hall–Kier alpha value is -1.62. The minimum Gasteiger partial charge on any atom is -0.484 e. The topological polar surface area (TPSA) is 50.4 Å².